The van der Waals surface area contributed by atoms with E-state index in [1.165, 1.54) is 10.8 Å². The average molecular weight is 213 g/mol. The van der Waals surface area contributed by atoms with Gasteiger partial charge in [-0.25, -0.2) is 0 Å². The van der Waals surface area contributed by atoms with E-state index in [0.717, 1.165) is 4.90 Å². The van der Waals surface area contributed by atoms with Crippen LogP contribution in [-0.4, -0.2) is 5.25 Å². The molecule has 1 nitrogen and oxygen atoms in total. The Bertz CT molecular complexity index is 513. The van der Waals surface area contributed by atoms with Crippen molar-refractivity contribution in [3.63, 3.8) is 0 Å². The van der Waals surface area contributed by atoms with Gasteiger partial charge in [0, 0.05) is 4.90 Å². The lowest BCUT2D eigenvalue weighted by Crippen LogP contribution is -1.88. The third-order valence-electron chi connectivity index (χ3n) is 2.22. The number of nitriles is 1. The molecule has 1 unspecified atom stereocenters. The summed E-state index contributed by atoms with van der Waals surface area (Å²) in [4.78, 5) is 1.16. The minimum absolute atomic E-state index is 0.00571. The quantitative estimate of drug-likeness (QED) is 0.708. The van der Waals surface area contributed by atoms with Gasteiger partial charge >= 0.3 is 0 Å². The highest BCUT2D eigenvalue weighted by atomic mass is 32.2. The first-order valence-electron chi connectivity index (χ1n) is 4.84. The predicted octanol–water partition coefficient (Wildman–Crippen LogP) is 3.84. The molecule has 0 aliphatic carbocycles. The first-order valence-corrected chi connectivity index (χ1v) is 5.72. The van der Waals surface area contributed by atoms with E-state index in [9.17, 15) is 0 Å². The fraction of sp³-hybridized carbons (Fsp3) is 0.154. The van der Waals surface area contributed by atoms with E-state index >= 15 is 0 Å². The van der Waals surface area contributed by atoms with Crippen LogP contribution in [0.25, 0.3) is 10.8 Å². The fourth-order valence-corrected chi connectivity index (χ4v) is 2.27. The zero-order valence-corrected chi connectivity index (χ0v) is 9.29. The lowest BCUT2D eigenvalue weighted by molar-refractivity contribution is 1.23. The predicted molar refractivity (Wildman–Crippen MR) is 64.9 cm³/mol. The van der Waals surface area contributed by atoms with Crippen LogP contribution in [0.5, 0.6) is 0 Å². The summed E-state index contributed by atoms with van der Waals surface area (Å²) in [5.41, 5.74) is 0. The van der Waals surface area contributed by atoms with Crippen LogP contribution in [0.1, 0.15) is 6.92 Å². The molecule has 0 aliphatic rings. The molecule has 0 bridgehead atoms. The number of benzene rings is 2. The molecule has 0 saturated heterocycles. The topological polar surface area (TPSA) is 23.8 Å². The summed E-state index contributed by atoms with van der Waals surface area (Å²) in [6.07, 6.45) is 0. The standard InChI is InChI=1S/C13H11NS/c1-10(9-14)15-13-7-6-11-4-2-3-5-12(11)8-13/h2-8,10H,1H3. The number of hydrogen-bond donors (Lipinski definition) is 0. The van der Waals surface area contributed by atoms with Gasteiger partial charge in [0.05, 0.1) is 11.3 Å². The van der Waals surface area contributed by atoms with E-state index in [1.54, 1.807) is 11.8 Å². The summed E-state index contributed by atoms with van der Waals surface area (Å²) in [5, 5.41) is 11.2. The Morgan fingerprint density at radius 3 is 2.60 bits per heavy atom. The van der Waals surface area contributed by atoms with Gasteiger partial charge in [0.15, 0.2) is 0 Å². The Morgan fingerprint density at radius 2 is 1.87 bits per heavy atom. The molecular weight excluding hydrogens is 202 g/mol. The Kier molecular flexibility index (Phi) is 2.94. The van der Waals surface area contributed by atoms with E-state index in [-0.39, 0.29) is 5.25 Å². The van der Waals surface area contributed by atoms with Gasteiger partial charge in [0.25, 0.3) is 0 Å². The van der Waals surface area contributed by atoms with Crippen LogP contribution in [0.3, 0.4) is 0 Å². The molecule has 0 fully saturated rings. The number of thioether (sulfide) groups is 1. The molecule has 0 heterocycles. The summed E-state index contributed by atoms with van der Waals surface area (Å²) in [7, 11) is 0. The van der Waals surface area contributed by atoms with Crippen LogP contribution >= 0.6 is 11.8 Å². The molecule has 0 spiro atoms. The minimum atomic E-state index is 0.00571. The number of nitrogens with zero attached hydrogens (tertiary/aromatic N) is 1. The highest BCUT2D eigenvalue weighted by Crippen LogP contribution is 2.26. The van der Waals surface area contributed by atoms with Gasteiger partial charge in [-0.15, -0.1) is 11.8 Å². The van der Waals surface area contributed by atoms with Gasteiger partial charge in [0.2, 0.25) is 0 Å². The van der Waals surface area contributed by atoms with E-state index in [2.05, 4.69) is 36.4 Å². The van der Waals surface area contributed by atoms with Crippen molar-refractivity contribution in [1.29, 1.82) is 5.26 Å². The van der Waals surface area contributed by atoms with Crippen molar-refractivity contribution in [3.05, 3.63) is 42.5 Å². The normalized spacial score (nSPS) is 12.3. The Hall–Kier alpha value is -1.46. The average Bonchev–Trinajstić information content (AvgIpc) is 2.29. The molecule has 0 N–H and O–H groups in total. The molecule has 74 valence electrons. The van der Waals surface area contributed by atoms with Crippen molar-refractivity contribution in [2.24, 2.45) is 0 Å². The Labute approximate surface area is 93.7 Å². The summed E-state index contributed by atoms with van der Waals surface area (Å²) in [6, 6.07) is 16.8. The van der Waals surface area contributed by atoms with Crippen molar-refractivity contribution >= 4 is 22.5 Å². The smallest absolute Gasteiger partial charge is 0.0935 e. The second kappa shape index (κ2) is 4.37. The second-order valence-electron chi connectivity index (χ2n) is 3.40. The summed E-state index contributed by atoms with van der Waals surface area (Å²) in [6.45, 7) is 1.92. The molecule has 2 rings (SSSR count). The second-order valence-corrected chi connectivity index (χ2v) is 4.81. The Morgan fingerprint density at radius 1 is 1.13 bits per heavy atom. The van der Waals surface area contributed by atoms with Crippen LogP contribution < -0.4 is 0 Å². The van der Waals surface area contributed by atoms with Crippen molar-refractivity contribution in [2.75, 3.05) is 0 Å². The van der Waals surface area contributed by atoms with Crippen LogP contribution in [0.4, 0.5) is 0 Å². The van der Waals surface area contributed by atoms with Crippen molar-refractivity contribution < 1.29 is 0 Å². The lowest BCUT2D eigenvalue weighted by atomic mass is 10.1. The van der Waals surface area contributed by atoms with Crippen molar-refractivity contribution in [1.82, 2.24) is 0 Å². The first-order chi connectivity index (χ1) is 7.29. The third-order valence-corrected chi connectivity index (χ3v) is 3.20. The third kappa shape index (κ3) is 2.31. The molecule has 0 amide bonds. The number of rotatable bonds is 2. The first kappa shape index (κ1) is 10.1. The van der Waals surface area contributed by atoms with Crippen LogP contribution in [0, 0.1) is 11.3 Å². The van der Waals surface area contributed by atoms with E-state index in [1.807, 2.05) is 19.1 Å². The highest BCUT2D eigenvalue weighted by Gasteiger charge is 2.02. The van der Waals surface area contributed by atoms with Crippen molar-refractivity contribution in [2.45, 2.75) is 17.1 Å². The molecule has 0 aliphatic heterocycles. The molecule has 0 radical (unpaired) electrons. The summed E-state index contributed by atoms with van der Waals surface area (Å²) >= 11 is 1.60. The molecule has 2 aromatic rings. The minimum Gasteiger partial charge on any atom is -0.197 e. The van der Waals surface area contributed by atoms with Gasteiger partial charge in [0.1, 0.15) is 0 Å². The maximum Gasteiger partial charge on any atom is 0.0935 e. The molecular formula is C13H11NS. The summed E-state index contributed by atoms with van der Waals surface area (Å²) in [5.74, 6) is 0. The lowest BCUT2D eigenvalue weighted by Gasteiger charge is -2.04. The van der Waals surface area contributed by atoms with Crippen LogP contribution in [-0.2, 0) is 0 Å². The van der Waals surface area contributed by atoms with E-state index in [0.29, 0.717) is 0 Å². The molecule has 2 aromatic carbocycles. The zero-order chi connectivity index (χ0) is 10.7. The van der Waals surface area contributed by atoms with Gasteiger partial charge in [-0.2, -0.15) is 5.26 Å². The van der Waals surface area contributed by atoms with Gasteiger partial charge < -0.3 is 0 Å². The monoisotopic (exact) mass is 213 g/mol. The van der Waals surface area contributed by atoms with Gasteiger partial charge in [-0.3, -0.25) is 0 Å². The van der Waals surface area contributed by atoms with E-state index < -0.39 is 0 Å². The molecule has 0 saturated carbocycles. The van der Waals surface area contributed by atoms with Crippen LogP contribution in [0.2, 0.25) is 0 Å². The maximum atomic E-state index is 8.74. The Balaban J connectivity index is 2.35. The maximum absolute atomic E-state index is 8.74. The molecule has 0 aromatic heterocycles. The summed E-state index contributed by atoms with van der Waals surface area (Å²) < 4.78 is 0. The molecule has 1 atom stereocenters. The largest absolute Gasteiger partial charge is 0.197 e. The van der Waals surface area contributed by atoms with Gasteiger partial charge in [-0.05, 0) is 29.8 Å². The SMILES string of the molecule is CC(C#N)Sc1ccc2ccccc2c1. The zero-order valence-electron chi connectivity index (χ0n) is 8.47. The number of fused-ring (bicyclic) bond motifs is 1. The van der Waals surface area contributed by atoms with Crippen LogP contribution in [0.15, 0.2) is 47.4 Å². The molecule has 2 heteroatoms. The highest BCUT2D eigenvalue weighted by molar-refractivity contribution is 8.00. The van der Waals surface area contributed by atoms with E-state index in [4.69, 9.17) is 5.26 Å². The fourth-order valence-electron chi connectivity index (χ4n) is 1.47. The molecule has 15 heavy (non-hydrogen) atoms. The number of hydrogen-bond acceptors (Lipinski definition) is 2. The van der Waals surface area contributed by atoms with Gasteiger partial charge in [-0.1, -0.05) is 30.3 Å². The van der Waals surface area contributed by atoms with Crippen molar-refractivity contribution in [3.8, 4) is 6.07 Å².